The molecule has 5 rings (SSSR count). The maximum Gasteiger partial charge on any atom is 0.0529 e. The van der Waals surface area contributed by atoms with E-state index in [9.17, 15) is 0 Å². The molecule has 0 aliphatic carbocycles. The van der Waals surface area contributed by atoms with Gasteiger partial charge >= 0.3 is 0 Å². The van der Waals surface area contributed by atoms with Crippen molar-refractivity contribution in [3.63, 3.8) is 0 Å². The van der Waals surface area contributed by atoms with Gasteiger partial charge in [0, 0.05) is 17.6 Å². The van der Waals surface area contributed by atoms with E-state index in [1.165, 1.54) is 44.9 Å². The number of fused-ring (bicyclic) bond motifs is 6. The first-order valence-corrected chi connectivity index (χ1v) is 8.68. The molecule has 0 radical (unpaired) electrons. The quantitative estimate of drug-likeness (QED) is 0.385. The van der Waals surface area contributed by atoms with Gasteiger partial charge in [-0.1, -0.05) is 66.7 Å². The van der Waals surface area contributed by atoms with E-state index in [-0.39, 0.29) is 0 Å². The average Bonchev–Trinajstić information content (AvgIpc) is 2.68. The van der Waals surface area contributed by atoms with Crippen molar-refractivity contribution in [2.75, 3.05) is 11.4 Å². The van der Waals surface area contributed by atoms with Gasteiger partial charge in [0.25, 0.3) is 0 Å². The van der Waals surface area contributed by atoms with Crippen LogP contribution in [0.3, 0.4) is 0 Å². The molecule has 0 bridgehead atoms. The van der Waals surface area contributed by atoms with Crippen LogP contribution in [0.1, 0.15) is 12.0 Å². The molecule has 4 aromatic rings. The molecular weight excluding hydrogens is 290 g/mol. The molecule has 0 aromatic heterocycles. The Bertz CT molecular complexity index is 1030. The van der Waals surface area contributed by atoms with Crippen LogP contribution in [-0.4, -0.2) is 6.54 Å². The Labute approximate surface area is 142 Å². The largest absolute Gasteiger partial charge is 0.341 e. The lowest BCUT2D eigenvalue weighted by Gasteiger charge is -2.34. The van der Waals surface area contributed by atoms with Gasteiger partial charge in [-0.05, 0) is 46.7 Å². The summed E-state index contributed by atoms with van der Waals surface area (Å²) in [5.74, 6) is 0. The molecule has 0 unspecified atom stereocenters. The predicted molar refractivity (Wildman–Crippen MR) is 103 cm³/mol. The van der Waals surface area contributed by atoms with Crippen LogP contribution in [0.4, 0.5) is 11.4 Å². The first kappa shape index (κ1) is 13.6. The maximum absolute atomic E-state index is 2.51. The highest BCUT2D eigenvalue weighted by atomic mass is 15.1. The van der Waals surface area contributed by atoms with E-state index in [4.69, 9.17) is 0 Å². The summed E-state index contributed by atoms with van der Waals surface area (Å²) in [7, 11) is 0. The fourth-order valence-corrected chi connectivity index (χ4v) is 4.15. The molecule has 0 amide bonds. The first-order valence-electron chi connectivity index (χ1n) is 8.68. The summed E-state index contributed by atoms with van der Waals surface area (Å²) in [5.41, 5.74) is 4.19. The van der Waals surface area contributed by atoms with Crippen LogP contribution >= 0.6 is 0 Å². The Hall–Kier alpha value is -2.80. The third kappa shape index (κ3) is 1.94. The molecule has 0 fully saturated rings. The van der Waals surface area contributed by atoms with Crippen LogP contribution in [0.15, 0.2) is 78.9 Å². The summed E-state index contributed by atoms with van der Waals surface area (Å²) in [4.78, 5) is 2.51. The molecule has 1 heterocycles. The maximum atomic E-state index is 2.51. The molecule has 4 aromatic carbocycles. The lowest BCUT2D eigenvalue weighted by Crippen LogP contribution is -2.25. The van der Waals surface area contributed by atoms with Crippen molar-refractivity contribution in [1.29, 1.82) is 0 Å². The number of hydrogen-bond donors (Lipinski definition) is 0. The summed E-state index contributed by atoms with van der Waals surface area (Å²) in [6, 6.07) is 28.5. The molecule has 0 saturated heterocycles. The molecule has 116 valence electrons. The molecule has 1 aliphatic rings. The zero-order valence-corrected chi connectivity index (χ0v) is 13.6. The number of benzene rings is 4. The Morgan fingerprint density at radius 3 is 1.92 bits per heavy atom. The standard InChI is InChI=1S/C23H19N/c1-2-9-17(10-3-1)24-16-8-15-22-20-12-5-4-11-18(20)19-13-6-7-14-21(19)23(22)24/h1-7,9-14H,8,15-16H2. The van der Waals surface area contributed by atoms with E-state index < -0.39 is 0 Å². The van der Waals surface area contributed by atoms with Gasteiger partial charge < -0.3 is 4.90 Å². The van der Waals surface area contributed by atoms with Gasteiger partial charge in [-0.3, -0.25) is 0 Å². The second-order valence-electron chi connectivity index (χ2n) is 6.51. The second-order valence-corrected chi connectivity index (χ2v) is 6.51. The van der Waals surface area contributed by atoms with Gasteiger partial charge in [0.15, 0.2) is 0 Å². The van der Waals surface area contributed by atoms with E-state index in [2.05, 4.69) is 83.8 Å². The average molecular weight is 309 g/mol. The monoisotopic (exact) mass is 309 g/mol. The Morgan fingerprint density at radius 1 is 0.583 bits per heavy atom. The van der Waals surface area contributed by atoms with E-state index in [0.717, 1.165) is 13.0 Å². The van der Waals surface area contributed by atoms with Gasteiger partial charge in [0.05, 0.1) is 5.69 Å². The molecule has 1 aliphatic heterocycles. The summed E-state index contributed by atoms with van der Waals surface area (Å²) in [6.07, 6.45) is 2.36. The van der Waals surface area contributed by atoms with Crippen LogP contribution in [-0.2, 0) is 6.42 Å². The van der Waals surface area contributed by atoms with E-state index >= 15 is 0 Å². The highest BCUT2D eigenvalue weighted by molar-refractivity contribution is 6.16. The molecule has 1 heteroatoms. The fourth-order valence-electron chi connectivity index (χ4n) is 4.15. The summed E-state index contributed by atoms with van der Waals surface area (Å²) in [6.45, 7) is 1.08. The number of anilines is 2. The minimum Gasteiger partial charge on any atom is -0.341 e. The smallest absolute Gasteiger partial charge is 0.0529 e. The minimum atomic E-state index is 1.08. The van der Waals surface area contributed by atoms with Crippen LogP contribution in [0, 0.1) is 0 Å². The normalized spacial score (nSPS) is 14.1. The Morgan fingerprint density at radius 2 is 1.17 bits per heavy atom. The van der Waals surface area contributed by atoms with Crippen LogP contribution in [0.5, 0.6) is 0 Å². The number of hydrogen-bond acceptors (Lipinski definition) is 1. The number of para-hydroxylation sites is 1. The molecular formula is C23H19N. The van der Waals surface area contributed by atoms with E-state index in [0.29, 0.717) is 0 Å². The minimum absolute atomic E-state index is 1.08. The zero-order valence-electron chi connectivity index (χ0n) is 13.6. The first-order chi connectivity index (χ1) is 11.9. The lowest BCUT2D eigenvalue weighted by atomic mass is 9.89. The van der Waals surface area contributed by atoms with Crippen molar-refractivity contribution in [3.8, 4) is 0 Å². The SMILES string of the molecule is c1ccc(N2CCCc3c2c2ccccc2c2ccccc32)cc1. The highest BCUT2D eigenvalue weighted by Gasteiger charge is 2.23. The number of aryl methyl sites for hydroxylation is 1. The Kier molecular flexibility index (Phi) is 3.05. The molecule has 0 saturated carbocycles. The van der Waals surface area contributed by atoms with E-state index in [1.807, 2.05) is 0 Å². The van der Waals surface area contributed by atoms with Crippen LogP contribution in [0.2, 0.25) is 0 Å². The van der Waals surface area contributed by atoms with Gasteiger partial charge in [0.2, 0.25) is 0 Å². The van der Waals surface area contributed by atoms with Crippen molar-refractivity contribution in [2.24, 2.45) is 0 Å². The van der Waals surface area contributed by atoms with Crippen molar-refractivity contribution in [3.05, 3.63) is 84.4 Å². The second kappa shape index (κ2) is 5.38. The van der Waals surface area contributed by atoms with Gasteiger partial charge in [-0.15, -0.1) is 0 Å². The predicted octanol–water partition coefficient (Wildman–Crippen LogP) is 6.08. The molecule has 0 N–H and O–H groups in total. The van der Waals surface area contributed by atoms with Crippen molar-refractivity contribution < 1.29 is 0 Å². The number of rotatable bonds is 1. The van der Waals surface area contributed by atoms with E-state index in [1.54, 1.807) is 0 Å². The van der Waals surface area contributed by atoms with Gasteiger partial charge in [0.1, 0.15) is 0 Å². The molecule has 0 atom stereocenters. The zero-order chi connectivity index (χ0) is 15.9. The van der Waals surface area contributed by atoms with Gasteiger partial charge in [-0.25, -0.2) is 0 Å². The summed E-state index contributed by atoms with van der Waals surface area (Å²) in [5, 5.41) is 5.51. The molecule has 0 spiro atoms. The number of nitrogens with zero attached hydrogens (tertiary/aromatic N) is 1. The summed E-state index contributed by atoms with van der Waals surface area (Å²) >= 11 is 0. The van der Waals surface area contributed by atoms with Crippen molar-refractivity contribution >= 4 is 32.9 Å². The topological polar surface area (TPSA) is 3.24 Å². The van der Waals surface area contributed by atoms with Gasteiger partial charge in [-0.2, -0.15) is 0 Å². The highest BCUT2D eigenvalue weighted by Crippen LogP contribution is 2.43. The van der Waals surface area contributed by atoms with Crippen molar-refractivity contribution in [1.82, 2.24) is 0 Å². The van der Waals surface area contributed by atoms with Crippen molar-refractivity contribution in [2.45, 2.75) is 12.8 Å². The molecule has 24 heavy (non-hydrogen) atoms. The van der Waals surface area contributed by atoms with Crippen LogP contribution in [0.25, 0.3) is 21.5 Å². The third-order valence-electron chi connectivity index (χ3n) is 5.16. The molecule has 1 nitrogen and oxygen atoms in total. The summed E-state index contributed by atoms with van der Waals surface area (Å²) < 4.78 is 0. The van der Waals surface area contributed by atoms with Crippen LogP contribution < -0.4 is 4.90 Å². The fraction of sp³-hybridized carbons (Fsp3) is 0.130. The lowest BCUT2D eigenvalue weighted by molar-refractivity contribution is 0.775. The Balaban J connectivity index is 1.92. The third-order valence-corrected chi connectivity index (χ3v) is 5.16.